The lowest BCUT2D eigenvalue weighted by Crippen LogP contribution is -2.47. The minimum absolute atomic E-state index is 0.143. The van der Waals surface area contributed by atoms with Crippen molar-refractivity contribution in [3.63, 3.8) is 0 Å². The summed E-state index contributed by atoms with van der Waals surface area (Å²) < 4.78 is 5.42. The quantitative estimate of drug-likeness (QED) is 0.751. The molecule has 2 heterocycles. The van der Waals surface area contributed by atoms with Crippen molar-refractivity contribution >= 4 is 29.3 Å². The van der Waals surface area contributed by atoms with Gasteiger partial charge in [0.2, 0.25) is 5.91 Å². The number of rotatable bonds is 5. The first-order valence-corrected chi connectivity index (χ1v) is 11.0. The second kappa shape index (κ2) is 9.58. The summed E-state index contributed by atoms with van der Waals surface area (Å²) in [5, 5.41) is 6.00. The van der Waals surface area contributed by atoms with Crippen molar-refractivity contribution in [1.82, 2.24) is 9.80 Å². The molecule has 2 atom stereocenters. The predicted octanol–water partition coefficient (Wildman–Crippen LogP) is 2.21. The number of likely N-dealkylation sites (tertiary alicyclic amines) is 1. The van der Waals surface area contributed by atoms with Crippen molar-refractivity contribution in [1.29, 1.82) is 0 Å². The van der Waals surface area contributed by atoms with Gasteiger partial charge >= 0.3 is 6.09 Å². The predicted molar refractivity (Wildman–Crippen MR) is 122 cm³/mol. The van der Waals surface area contributed by atoms with E-state index in [-0.39, 0.29) is 24.3 Å². The molecule has 1 aromatic carbocycles. The fourth-order valence-electron chi connectivity index (χ4n) is 4.06. The molecule has 3 rings (SSSR count). The van der Waals surface area contributed by atoms with Gasteiger partial charge < -0.3 is 20.3 Å². The maximum atomic E-state index is 13.2. The SMILES string of the molecule is CN(CC1CCCN(C(=O)C2=NN(c3ccccc3)C(C(N)=O)C2)C1)C(=O)OC(C)(C)C. The highest BCUT2D eigenvalue weighted by Gasteiger charge is 2.37. The lowest BCUT2D eigenvalue weighted by molar-refractivity contribution is -0.126. The Hall–Kier alpha value is -3.10. The van der Waals surface area contributed by atoms with Crippen LogP contribution in [0.5, 0.6) is 0 Å². The number of piperidine rings is 1. The van der Waals surface area contributed by atoms with Crippen LogP contribution in [-0.4, -0.2) is 71.7 Å². The number of carbonyl (C=O) groups excluding carboxylic acids is 3. The topological polar surface area (TPSA) is 109 Å². The number of primary amides is 1. The summed E-state index contributed by atoms with van der Waals surface area (Å²) in [5.41, 5.74) is 6.08. The molecule has 0 spiro atoms. The Morgan fingerprint density at radius 2 is 1.91 bits per heavy atom. The molecule has 0 radical (unpaired) electrons. The number of hydrogen-bond acceptors (Lipinski definition) is 6. The molecule has 3 amide bonds. The first-order chi connectivity index (χ1) is 15.0. The monoisotopic (exact) mass is 443 g/mol. The van der Waals surface area contributed by atoms with E-state index in [2.05, 4.69) is 5.10 Å². The molecular weight excluding hydrogens is 410 g/mol. The summed E-state index contributed by atoms with van der Waals surface area (Å²) in [5.74, 6) is -0.556. The van der Waals surface area contributed by atoms with Gasteiger partial charge in [-0.3, -0.25) is 14.6 Å². The average Bonchev–Trinajstić information content (AvgIpc) is 3.18. The Labute approximate surface area is 189 Å². The maximum Gasteiger partial charge on any atom is 0.410 e. The number of nitrogens with two attached hydrogens (primary N) is 1. The molecular formula is C23H33N5O4. The molecule has 2 N–H and O–H groups in total. The van der Waals surface area contributed by atoms with Crippen LogP contribution >= 0.6 is 0 Å². The minimum atomic E-state index is -0.685. The number of ether oxygens (including phenoxy) is 1. The van der Waals surface area contributed by atoms with E-state index in [1.807, 2.05) is 51.1 Å². The molecule has 1 aromatic rings. The summed E-state index contributed by atoms with van der Waals surface area (Å²) in [7, 11) is 1.71. The molecule has 2 unspecified atom stereocenters. The van der Waals surface area contributed by atoms with Crippen molar-refractivity contribution in [2.24, 2.45) is 16.8 Å². The van der Waals surface area contributed by atoms with E-state index >= 15 is 0 Å². The highest BCUT2D eigenvalue weighted by atomic mass is 16.6. The molecule has 9 nitrogen and oxygen atoms in total. The van der Waals surface area contributed by atoms with Crippen LogP contribution in [-0.2, 0) is 14.3 Å². The van der Waals surface area contributed by atoms with Crippen LogP contribution in [0.2, 0.25) is 0 Å². The van der Waals surface area contributed by atoms with Crippen LogP contribution in [0.3, 0.4) is 0 Å². The van der Waals surface area contributed by atoms with Gasteiger partial charge in [-0.1, -0.05) is 18.2 Å². The van der Waals surface area contributed by atoms with Gasteiger partial charge in [0.25, 0.3) is 5.91 Å². The number of amides is 3. The molecule has 0 bridgehead atoms. The van der Waals surface area contributed by atoms with Crippen LogP contribution in [0.25, 0.3) is 0 Å². The molecule has 174 valence electrons. The first-order valence-electron chi connectivity index (χ1n) is 11.0. The van der Waals surface area contributed by atoms with Gasteiger partial charge in [0.05, 0.1) is 5.69 Å². The van der Waals surface area contributed by atoms with Crippen LogP contribution in [0.1, 0.15) is 40.0 Å². The number of anilines is 1. The third-order valence-electron chi connectivity index (χ3n) is 5.55. The summed E-state index contributed by atoms with van der Waals surface area (Å²) in [6.45, 7) is 7.15. The molecule has 0 aromatic heterocycles. The van der Waals surface area contributed by atoms with Crippen LogP contribution in [0.15, 0.2) is 35.4 Å². The fourth-order valence-corrected chi connectivity index (χ4v) is 4.06. The Morgan fingerprint density at radius 3 is 2.53 bits per heavy atom. The van der Waals surface area contributed by atoms with Crippen molar-refractivity contribution in [3.8, 4) is 0 Å². The molecule has 2 aliphatic heterocycles. The van der Waals surface area contributed by atoms with E-state index in [9.17, 15) is 14.4 Å². The Kier molecular flexibility index (Phi) is 7.06. The maximum absolute atomic E-state index is 13.2. The molecule has 0 aliphatic carbocycles. The second-order valence-corrected chi connectivity index (χ2v) is 9.47. The molecule has 9 heteroatoms. The van der Waals surface area contributed by atoms with Gasteiger partial charge in [-0.15, -0.1) is 0 Å². The normalized spacial score (nSPS) is 21.2. The van der Waals surface area contributed by atoms with E-state index in [1.54, 1.807) is 16.8 Å². The van der Waals surface area contributed by atoms with E-state index in [0.717, 1.165) is 18.5 Å². The van der Waals surface area contributed by atoms with Gasteiger partial charge in [0.15, 0.2) is 0 Å². The molecule has 0 saturated carbocycles. The fraction of sp³-hybridized carbons (Fsp3) is 0.565. The van der Waals surface area contributed by atoms with Crippen molar-refractivity contribution in [3.05, 3.63) is 30.3 Å². The zero-order valence-electron chi connectivity index (χ0n) is 19.3. The van der Waals surface area contributed by atoms with Crippen LogP contribution in [0, 0.1) is 5.92 Å². The number of carbonyl (C=O) groups is 3. The largest absolute Gasteiger partial charge is 0.444 e. The number of benzene rings is 1. The van der Waals surface area contributed by atoms with Crippen LogP contribution < -0.4 is 10.7 Å². The Balaban J connectivity index is 1.65. The van der Waals surface area contributed by atoms with E-state index in [4.69, 9.17) is 10.5 Å². The highest BCUT2D eigenvalue weighted by Crippen LogP contribution is 2.26. The highest BCUT2D eigenvalue weighted by molar-refractivity contribution is 6.40. The third-order valence-corrected chi connectivity index (χ3v) is 5.55. The minimum Gasteiger partial charge on any atom is -0.444 e. The third kappa shape index (κ3) is 5.77. The lowest BCUT2D eigenvalue weighted by Gasteiger charge is -2.35. The first kappa shape index (κ1) is 23.6. The van der Waals surface area contributed by atoms with Crippen molar-refractivity contribution < 1.29 is 19.1 Å². The Bertz CT molecular complexity index is 880. The van der Waals surface area contributed by atoms with Crippen LogP contribution in [0.4, 0.5) is 10.5 Å². The molecule has 1 saturated heterocycles. The van der Waals surface area contributed by atoms with Gasteiger partial charge in [-0.25, -0.2) is 4.79 Å². The van der Waals surface area contributed by atoms with Gasteiger partial charge in [-0.05, 0) is 51.7 Å². The van der Waals surface area contributed by atoms with Crippen molar-refractivity contribution in [2.75, 3.05) is 31.7 Å². The molecule has 2 aliphatic rings. The zero-order valence-corrected chi connectivity index (χ0v) is 19.3. The average molecular weight is 444 g/mol. The lowest BCUT2D eigenvalue weighted by atomic mass is 9.96. The number of hydrazone groups is 1. The van der Waals surface area contributed by atoms with E-state index in [0.29, 0.717) is 25.3 Å². The summed E-state index contributed by atoms with van der Waals surface area (Å²) in [6, 6.07) is 8.54. The summed E-state index contributed by atoms with van der Waals surface area (Å²) in [6.07, 6.45) is 1.57. The molecule has 32 heavy (non-hydrogen) atoms. The summed E-state index contributed by atoms with van der Waals surface area (Å²) in [4.78, 5) is 40.8. The second-order valence-electron chi connectivity index (χ2n) is 9.47. The smallest absolute Gasteiger partial charge is 0.410 e. The standard InChI is InChI=1S/C23H33N5O4/c1-23(2,3)32-22(31)26(4)14-16-9-8-12-27(15-16)21(30)18-13-19(20(24)29)28(25-18)17-10-6-5-7-11-17/h5-7,10-11,16,19H,8-9,12-15H2,1-4H3,(H2,24,29). The number of nitrogens with zero attached hydrogens (tertiary/aromatic N) is 4. The Morgan fingerprint density at radius 1 is 1.22 bits per heavy atom. The van der Waals surface area contributed by atoms with Gasteiger partial charge in [0.1, 0.15) is 17.4 Å². The van der Waals surface area contributed by atoms with Gasteiger partial charge in [-0.2, -0.15) is 5.10 Å². The summed E-state index contributed by atoms with van der Waals surface area (Å²) >= 11 is 0. The van der Waals surface area contributed by atoms with E-state index < -0.39 is 17.6 Å². The van der Waals surface area contributed by atoms with Gasteiger partial charge in [0, 0.05) is 33.1 Å². The zero-order chi connectivity index (χ0) is 23.5. The molecule has 1 fully saturated rings. The van der Waals surface area contributed by atoms with E-state index in [1.165, 1.54) is 5.01 Å². The number of hydrogen-bond donors (Lipinski definition) is 1. The van der Waals surface area contributed by atoms with Crippen molar-refractivity contribution in [2.45, 2.75) is 51.7 Å². The number of para-hydroxylation sites is 1.